The Morgan fingerprint density at radius 3 is 2.74 bits per heavy atom. The maximum absolute atomic E-state index is 12.1. The van der Waals surface area contributed by atoms with Gasteiger partial charge in [-0.15, -0.1) is 0 Å². The summed E-state index contributed by atoms with van der Waals surface area (Å²) in [6, 6.07) is 12.6. The van der Waals surface area contributed by atoms with Crippen molar-refractivity contribution in [2.24, 2.45) is 0 Å². The number of para-hydroxylation sites is 1. The first kappa shape index (κ1) is 14.8. The minimum atomic E-state index is -0.729. The zero-order valence-electron chi connectivity index (χ0n) is 12.5. The molecular formula is C17H15N3O3. The van der Waals surface area contributed by atoms with Gasteiger partial charge in [0.05, 0.1) is 24.0 Å². The Hall–Kier alpha value is -3.15. The highest BCUT2D eigenvalue weighted by molar-refractivity contribution is 6.40. The van der Waals surface area contributed by atoms with Gasteiger partial charge in [-0.1, -0.05) is 18.2 Å². The van der Waals surface area contributed by atoms with E-state index in [1.54, 1.807) is 18.2 Å². The zero-order valence-corrected chi connectivity index (χ0v) is 12.5. The molecule has 0 aliphatic rings. The topological polar surface area (TPSA) is 84.2 Å². The zero-order chi connectivity index (χ0) is 16.2. The van der Waals surface area contributed by atoms with E-state index in [4.69, 9.17) is 4.42 Å². The van der Waals surface area contributed by atoms with E-state index in [0.717, 1.165) is 16.6 Å². The van der Waals surface area contributed by atoms with Crippen molar-refractivity contribution >= 4 is 28.4 Å². The summed E-state index contributed by atoms with van der Waals surface area (Å²) in [5.41, 5.74) is 2.08. The lowest BCUT2D eigenvalue weighted by atomic mass is 10.1. The number of rotatable bonds is 3. The van der Waals surface area contributed by atoms with Gasteiger partial charge in [0.15, 0.2) is 0 Å². The Morgan fingerprint density at radius 2 is 1.96 bits per heavy atom. The molecule has 0 aliphatic heterocycles. The minimum absolute atomic E-state index is 0.162. The van der Waals surface area contributed by atoms with Crippen LogP contribution in [0.3, 0.4) is 0 Å². The maximum atomic E-state index is 12.1. The lowest BCUT2D eigenvalue weighted by molar-refractivity contribution is -0.136. The summed E-state index contributed by atoms with van der Waals surface area (Å²) in [6.07, 6.45) is 1.51. The van der Waals surface area contributed by atoms with E-state index in [0.29, 0.717) is 11.4 Å². The molecule has 0 spiro atoms. The van der Waals surface area contributed by atoms with Gasteiger partial charge < -0.3 is 15.1 Å². The van der Waals surface area contributed by atoms with Gasteiger partial charge in [0.1, 0.15) is 5.76 Å². The molecule has 116 valence electrons. The highest BCUT2D eigenvalue weighted by Gasteiger charge is 2.15. The van der Waals surface area contributed by atoms with Crippen LogP contribution in [0.15, 0.2) is 53.1 Å². The highest BCUT2D eigenvalue weighted by Crippen LogP contribution is 2.22. The molecule has 23 heavy (non-hydrogen) atoms. The molecule has 2 amide bonds. The molecular weight excluding hydrogens is 294 g/mol. The molecule has 0 saturated heterocycles. The summed E-state index contributed by atoms with van der Waals surface area (Å²) in [5.74, 6) is -0.872. The third-order valence-electron chi connectivity index (χ3n) is 3.30. The van der Waals surface area contributed by atoms with E-state index in [1.807, 2.05) is 31.2 Å². The van der Waals surface area contributed by atoms with Gasteiger partial charge in [-0.2, -0.15) is 0 Å². The Kier molecular flexibility index (Phi) is 4.05. The van der Waals surface area contributed by atoms with E-state index in [1.165, 1.54) is 6.26 Å². The van der Waals surface area contributed by atoms with Gasteiger partial charge in [0.25, 0.3) is 0 Å². The normalized spacial score (nSPS) is 10.5. The van der Waals surface area contributed by atoms with Gasteiger partial charge in [-0.3, -0.25) is 14.6 Å². The van der Waals surface area contributed by atoms with Crippen LogP contribution in [0.2, 0.25) is 0 Å². The molecule has 0 radical (unpaired) electrons. The fourth-order valence-electron chi connectivity index (χ4n) is 2.25. The maximum Gasteiger partial charge on any atom is 0.313 e. The third-order valence-corrected chi connectivity index (χ3v) is 3.30. The summed E-state index contributed by atoms with van der Waals surface area (Å²) in [7, 11) is 0. The quantitative estimate of drug-likeness (QED) is 0.728. The van der Waals surface area contributed by atoms with Crippen LogP contribution in [-0.4, -0.2) is 16.8 Å². The van der Waals surface area contributed by atoms with E-state index in [2.05, 4.69) is 15.6 Å². The first-order valence-electron chi connectivity index (χ1n) is 7.11. The molecule has 0 saturated carbocycles. The number of fused-ring (bicyclic) bond motifs is 1. The molecule has 2 N–H and O–H groups in total. The predicted octanol–water partition coefficient (Wildman–Crippen LogP) is 2.39. The summed E-state index contributed by atoms with van der Waals surface area (Å²) >= 11 is 0. The second-order valence-electron chi connectivity index (χ2n) is 5.04. The van der Waals surface area contributed by atoms with Crippen LogP contribution in [-0.2, 0) is 16.1 Å². The number of carbonyl (C=O) groups excluding carboxylic acids is 2. The number of hydrogen-bond donors (Lipinski definition) is 2. The molecule has 0 unspecified atom stereocenters. The van der Waals surface area contributed by atoms with Crippen LogP contribution < -0.4 is 10.6 Å². The van der Waals surface area contributed by atoms with Crippen LogP contribution in [0.1, 0.15) is 11.5 Å². The smallest absolute Gasteiger partial charge is 0.313 e. The molecule has 0 bridgehead atoms. The van der Waals surface area contributed by atoms with Crippen molar-refractivity contribution < 1.29 is 14.0 Å². The fraction of sp³-hybridized carbons (Fsp3) is 0.118. The third kappa shape index (κ3) is 3.37. The first-order valence-corrected chi connectivity index (χ1v) is 7.11. The van der Waals surface area contributed by atoms with Crippen molar-refractivity contribution in [1.82, 2.24) is 10.3 Å². The second-order valence-corrected chi connectivity index (χ2v) is 5.04. The van der Waals surface area contributed by atoms with Crippen molar-refractivity contribution in [2.45, 2.75) is 13.5 Å². The largest absolute Gasteiger partial charge is 0.467 e. The number of nitrogens with one attached hydrogen (secondary N) is 2. The summed E-state index contributed by atoms with van der Waals surface area (Å²) in [4.78, 5) is 28.3. The van der Waals surface area contributed by atoms with Crippen molar-refractivity contribution in [3.8, 4) is 0 Å². The molecule has 3 rings (SSSR count). The number of pyridine rings is 1. The fourth-order valence-corrected chi connectivity index (χ4v) is 2.25. The summed E-state index contributed by atoms with van der Waals surface area (Å²) in [6.45, 7) is 1.99. The molecule has 0 aliphatic carbocycles. The number of benzene rings is 1. The molecule has 3 aromatic rings. The number of aromatic nitrogens is 1. The van der Waals surface area contributed by atoms with Crippen molar-refractivity contribution in [3.05, 3.63) is 60.2 Å². The van der Waals surface area contributed by atoms with Crippen LogP contribution in [0.4, 0.5) is 5.69 Å². The van der Waals surface area contributed by atoms with Crippen LogP contribution in [0.25, 0.3) is 10.9 Å². The van der Waals surface area contributed by atoms with Gasteiger partial charge in [-0.05, 0) is 31.2 Å². The van der Waals surface area contributed by atoms with Gasteiger partial charge >= 0.3 is 11.8 Å². The highest BCUT2D eigenvalue weighted by atomic mass is 16.3. The molecule has 2 aromatic heterocycles. The number of carbonyl (C=O) groups is 2. The number of anilines is 1. The summed E-state index contributed by atoms with van der Waals surface area (Å²) < 4.78 is 5.10. The van der Waals surface area contributed by atoms with E-state index in [-0.39, 0.29) is 6.54 Å². The van der Waals surface area contributed by atoms with Crippen LogP contribution in [0.5, 0.6) is 0 Å². The first-order chi connectivity index (χ1) is 11.1. The molecule has 0 fully saturated rings. The molecule has 1 aromatic carbocycles. The van der Waals surface area contributed by atoms with Gasteiger partial charge in [0, 0.05) is 11.1 Å². The number of aryl methyl sites for hydroxylation is 1. The van der Waals surface area contributed by atoms with Crippen molar-refractivity contribution in [1.29, 1.82) is 0 Å². The summed E-state index contributed by atoms with van der Waals surface area (Å²) in [5, 5.41) is 5.92. The Morgan fingerprint density at radius 1 is 1.13 bits per heavy atom. The second kappa shape index (κ2) is 6.31. The van der Waals surface area contributed by atoms with Crippen LogP contribution >= 0.6 is 0 Å². The molecule has 0 atom stereocenters. The average Bonchev–Trinajstić information content (AvgIpc) is 3.05. The lowest BCUT2D eigenvalue weighted by Crippen LogP contribution is -2.34. The standard InChI is InChI=1S/C17H15N3O3/c1-11-9-15(13-6-2-3-7-14(13)19-11)20-17(22)16(21)18-10-12-5-4-8-23-12/h2-9H,10H2,1H3,(H,18,21)(H,19,20,22). The van der Waals surface area contributed by atoms with Gasteiger partial charge in [-0.25, -0.2) is 0 Å². The molecule has 6 nitrogen and oxygen atoms in total. The van der Waals surface area contributed by atoms with Gasteiger partial charge in [0.2, 0.25) is 0 Å². The average molecular weight is 309 g/mol. The van der Waals surface area contributed by atoms with E-state index < -0.39 is 11.8 Å². The monoisotopic (exact) mass is 309 g/mol. The minimum Gasteiger partial charge on any atom is -0.467 e. The van der Waals surface area contributed by atoms with Crippen LogP contribution in [0, 0.1) is 6.92 Å². The van der Waals surface area contributed by atoms with E-state index in [9.17, 15) is 9.59 Å². The molecule has 6 heteroatoms. The Bertz CT molecular complexity index is 857. The predicted molar refractivity (Wildman–Crippen MR) is 85.7 cm³/mol. The Balaban J connectivity index is 1.73. The lowest BCUT2D eigenvalue weighted by Gasteiger charge is -2.09. The number of nitrogens with zero attached hydrogens (tertiary/aromatic N) is 1. The van der Waals surface area contributed by atoms with Crippen molar-refractivity contribution in [3.63, 3.8) is 0 Å². The SMILES string of the molecule is Cc1cc(NC(=O)C(=O)NCc2ccco2)c2ccccc2n1. The van der Waals surface area contributed by atoms with E-state index >= 15 is 0 Å². The number of amides is 2. The number of furan rings is 1. The molecule has 2 heterocycles. The van der Waals surface area contributed by atoms with Crippen molar-refractivity contribution in [2.75, 3.05) is 5.32 Å². The number of hydrogen-bond acceptors (Lipinski definition) is 4. The Labute approximate surface area is 132 Å².